The van der Waals surface area contributed by atoms with E-state index in [9.17, 15) is 14.4 Å². The number of carbonyl (C=O) groups is 3. The summed E-state index contributed by atoms with van der Waals surface area (Å²) in [5, 5.41) is 2.52. The van der Waals surface area contributed by atoms with Crippen LogP contribution in [-0.4, -0.2) is 35.8 Å². The second kappa shape index (κ2) is 8.80. The largest absolute Gasteiger partial charge is 0.465 e. The zero-order valence-electron chi connectivity index (χ0n) is 15.1. The monoisotopic (exact) mass is 354 g/mol. The second-order valence-corrected chi connectivity index (χ2v) is 6.00. The van der Waals surface area contributed by atoms with Gasteiger partial charge >= 0.3 is 17.8 Å². The van der Waals surface area contributed by atoms with Gasteiger partial charge in [-0.2, -0.15) is 0 Å². The molecule has 0 aliphatic rings. The number of rotatable bonds is 5. The maximum absolute atomic E-state index is 12.6. The van der Waals surface area contributed by atoms with E-state index in [0.717, 1.165) is 5.56 Å². The van der Waals surface area contributed by atoms with Crippen molar-refractivity contribution < 1.29 is 19.1 Å². The Balaban J connectivity index is 2.17. The molecule has 2 aromatic rings. The van der Waals surface area contributed by atoms with Crippen LogP contribution in [0, 0.1) is 0 Å². The first-order chi connectivity index (χ1) is 12.4. The third kappa shape index (κ3) is 4.69. The van der Waals surface area contributed by atoms with E-state index in [-0.39, 0.29) is 17.3 Å². The highest BCUT2D eigenvalue weighted by atomic mass is 16.5. The Labute approximate surface area is 152 Å². The zero-order chi connectivity index (χ0) is 19.1. The average molecular weight is 354 g/mol. The van der Waals surface area contributed by atoms with Crippen LogP contribution in [0.4, 0.5) is 5.69 Å². The van der Waals surface area contributed by atoms with Gasteiger partial charge in [-0.05, 0) is 31.5 Å². The van der Waals surface area contributed by atoms with Gasteiger partial charge in [0, 0.05) is 12.6 Å². The molecular weight excluding hydrogens is 332 g/mol. The predicted octanol–water partition coefficient (Wildman–Crippen LogP) is 2.85. The van der Waals surface area contributed by atoms with Gasteiger partial charge in [-0.15, -0.1) is 0 Å². The van der Waals surface area contributed by atoms with Crippen LogP contribution >= 0.6 is 0 Å². The van der Waals surface area contributed by atoms with Crippen LogP contribution in [0.15, 0.2) is 54.6 Å². The Morgan fingerprint density at radius 1 is 1.00 bits per heavy atom. The Hall–Kier alpha value is -3.15. The molecule has 1 N–H and O–H groups in total. The van der Waals surface area contributed by atoms with E-state index in [1.807, 2.05) is 44.2 Å². The van der Waals surface area contributed by atoms with Crippen LogP contribution in [-0.2, 0) is 20.9 Å². The van der Waals surface area contributed by atoms with Gasteiger partial charge in [0.1, 0.15) is 0 Å². The van der Waals surface area contributed by atoms with Crippen molar-refractivity contribution in [3.8, 4) is 0 Å². The molecule has 0 saturated heterocycles. The molecule has 0 radical (unpaired) electrons. The molecular formula is C20H22N2O4. The van der Waals surface area contributed by atoms with Crippen molar-refractivity contribution in [2.75, 3.05) is 12.4 Å². The number of nitrogens with zero attached hydrogens (tertiary/aromatic N) is 1. The Morgan fingerprint density at radius 3 is 2.23 bits per heavy atom. The van der Waals surface area contributed by atoms with E-state index in [1.54, 1.807) is 18.2 Å². The molecule has 6 heteroatoms. The van der Waals surface area contributed by atoms with Crippen molar-refractivity contribution in [3.63, 3.8) is 0 Å². The number of anilines is 1. The van der Waals surface area contributed by atoms with E-state index in [4.69, 9.17) is 4.74 Å². The van der Waals surface area contributed by atoms with E-state index in [2.05, 4.69) is 5.32 Å². The van der Waals surface area contributed by atoms with Crippen molar-refractivity contribution in [1.29, 1.82) is 0 Å². The highest BCUT2D eigenvalue weighted by Gasteiger charge is 2.25. The number of carbonyl (C=O) groups excluding carboxylic acids is 3. The predicted molar refractivity (Wildman–Crippen MR) is 98.5 cm³/mol. The maximum Gasteiger partial charge on any atom is 0.339 e. The highest BCUT2D eigenvalue weighted by molar-refractivity contribution is 6.39. The van der Waals surface area contributed by atoms with Crippen LogP contribution in [0.2, 0.25) is 0 Å². The van der Waals surface area contributed by atoms with Crippen molar-refractivity contribution >= 4 is 23.5 Å². The lowest BCUT2D eigenvalue weighted by molar-refractivity contribution is -0.144. The third-order valence-corrected chi connectivity index (χ3v) is 3.85. The summed E-state index contributed by atoms with van der Waals surface area (Å²) in [6.45, 7) is 4.01. The molecule has 0 saturated carbocycles. The number of esters is 1. The van der Waals surface area contributed by atoms with Crippen molar-refractivity contribution in [2.45, 2.75) is 26.4 Å². The minimum atomic E-state index is -0.800. The average Bonchev–Trinajstić information content (AvgIpc) is 2.66. The van der Waals surface area contributed by atoms with Crippen molar-refractivity contribution in [1.82, 2.24) is 4.90 Å². The van der Waals surface area contributed by atoms with Gasteiger partial charge in [-0.25, -0.2) is 4.79 Å². The summed E-state index contributed by atoms with van der Waals surface area (Å²) in [6, 6.07) is 15.7. The molecule has 0 fully saturated rings. The molecule has 0 aliphatic carbocycles. The normalized spacial score (nSPS) is 10.3. The number of nitrogens with one attached hydrogen (secondary N) is 1. The Bertz CT molecular complexity index is 787. The first-order valence-electron chi connectivity index (χ1n) is 8.27. The van der Waals surface area contributed by atoms with Gasteiger partial charge in [-0.3, -0.25) is 9.59 Å². The fourth-order valence-corrected chi connectivity index (χ4v) is 2.46. The van der Waals surface area contributed by atoms with Gasteiger partial charge < -0.3 is 15.0 Å². The van der Waals surface area contributed by atoms with E-state index in [0.29, 0.717) is 6.54 Å². The van der Waals surface area contributed by atoms with Crippen molar-refractivity contribution in [3.05, 3.63) is 65.7 Å². The van der Waals surface area contributed by atoms with E-state index >= 15 is 0 Å². The molecule has 2 aromatic carbocycles. The first-order valence-corrected chi connectivity index (χ1v) is 8.27. The second-order valence-electron chi connectivity index (χ2n) is 6.00. The summed E-state index contributed by atoms with van der Waals surface area (Å²) < 4.78 is 4.70. The van der Waals surface area contributed by atoms with Crippen LogP contribution in [0.1, 0.15) is 29.8 Å². The molecule has 0 spiro atoms. The summed E-state index contributed by atoms with van der Waals surface area (Å²) in [5.41, 5.74) is 1.36. The summed E-state index contributed by atoms with van der Waals surface area (Å²) in [7, 11) is 1.26. The molecule has 6 nitrogen and oxygen atoms in total. The number of hydrogen-bond acceptors (Lipinski definition) is 4. The topological polar surface area (TPSA) is 75.7 Å². The van der Waals surface area contributed by atoms with Crippen molar-refractivity contribution in [2.24, 2.45) is 0 Å². The van der Waals surface area contributed by atoms with Crippen LogP contribution in [0.3, 0.4) is 0 Å². The number of hydrogen-bond donors (Lipinski definition) is 1. The number of amides is 2. The van der Waals surface area contributed by atoms with E-state index in [1.165, 1.54) is 18.1 Å². The number of ether oxygens (including phenoxy) is 1. The molecule has 0 unspecified atom stereocenters. The maximum atomic E-state index is 12.6. The summed E-state index contributed by atoms with van der Waals surface area (Å²) in [5.74, 6) is -2.05. The first kappa shape index (κ1) is 19.2. The fourth-order valence-electron chi connectivity index (χ4n) is 2.46. The minimum absolute atomic E-state index is 0.163. The number of benzene rings is 2. The molecule has 0 heterocycles. The zero-order valence-corrected chi connectivity index (χ0v) is 15.1. The molecule has 136 valence electrons. The third-order valence-electron chi connectivity index (χ3n) is 3.85. The summed E-state index contributed by atoms with van der Waals surface area (Å²) >= 11 is 0. The molecule has 0 atom stereocenters. The van der Waals surface area contributed by atoms with Gasteiger partial charge in [0.05, 0.1) is 18.4 Å². The molecule has 2 rings (SSSR count). The number of para-hydroxylation sites is 1. The van der Waals surface area contributed by atoms with E-state index < -0.39 is 17.8 Å². The lowest BCUT2D eigenvalue weighted by Crippen LogP contribution is -2.43. The standard InChI is InChI=1S/C20H22N2O4/c1-14(2)22(13-15-9-5-4-6-10-15)19(24)18(23)21-17-12-8-7-11-16(17)20(25)26-3/h4-12,14H,13H2,1-3H3,(H,21,23). The molecule has 2 amide bonds. The molecule has 0 aliphatic heterocycles. The van der Waals surface area contributed by atoms with Gasteiger partial charge in [0.2, 0.25) is 0 Å². The SMILES string of the molecule is COC(=O)c1ccccc1NC(=O)C(=O)N(Cc1ccccc1)C(C)C. The lowest BCUT2D eigenvalue weighted by atomic mass is 10.1. The van der Waals surface area contributed by atoms with Gasteiger partial charge in [-0.1, -0.05) is 42.5 Å². The van der Waals surface area contributed by atoms with Crippen LogP contribution < -0.4 is 5.32 Å². The Morgan fingerprint density at radius 2 is 1.62 bits per heavy atom. The molecule has 0 aromatic heterocycles. The minimum Gasteiger partial charge on any atom is -0.465 e. The van der Waals surface area contributed by atoms with Crippen LogP contribution in [0.5, 0.6) is 0 Å². The fraction of sp³-hybridized carbons (Fsp3) is 0.250. The number of methoxy groups -OCH3 is 1. The van der Waals surface area contributed by atoms with Crippen LogP contribution in [0.25, 0.3) is 0 Å². The van der Waals surface area contributed by atoms with Gasteiger partial charge in [0.15, 0.2) is 0 Å². The Kier molecular flexibility index (Phi) is 6.49. The molecule has 0 bridgehead atoms. The smallest absolute Gasteiger partial charge is 0.339 e. The summed E-state index contributed by atoms with van der Waals surface area (Å²) in [6.07, 6.45) is 0. The summed E-state index contributed by atoms with van der Waals surface area (Å²) in [4.78, 5) is 38.4. The lowest BCUT2D eigenvalue weighted by Gasteiger charge is -2.26. The molecule has 26 heavy (non-hydrogen) atoms. The quantitative estimate of drug-likeness (QED) is 0.662. The highest BCUT2D eigenvalue weighted by Crippen LogP contribution is 2.17. The van der Waals surface area contributed by atoms with Gasteiger partial charge in [0.25, 0.3) is 0 Å².